The van der Waals surface area contributed by atoms with Crippen LogP contribution in [0.3, 0.4) is 0 Å². The van der Waals surface area contributed by atoms with Crippen LogP contribution >= 0.6 is 0 Å². The number of rotatable bonds is 65. The van der Waals surface area contributed by atoms with Crippen molar-refractivity contribution in [3.05, 3.63) is 97.2 Å². The summed E-state index contributed by atoms with van der Waals surface area (Å²) in [6.07, 6.45) is 88.6. The number of likely N-dealkylation sites (N-methyl/N-ethyl adjacent to an activating group) is 1. The number of nitrogens with zero attached hydrogens (tertiary/aromatic N) is 1. The molecule has 85 heavy (non-hydrogen) atoms. The van der Waals surface area contributed by atoms with Crippen LogP contribution in [0.25, 0.3) is 0 Å². The van der Waals surface area contributed by atoms with Gasteiger partial charge in [-0.2, -0.15) is 0 Å². The minimum atomic E-state index is -1.53. The van der Waals surface area contributed by atoms with E-state index in [0.29, 0.717) is 17.4 Å². The number of unbranched alkanes of at least 4 members (excludes halogenated alkanes) is 34. The summed E-state index contributed by atoms with van der Waals surface area (Å²) in [5.41, 5.74) is 0. The van der Waals surface area contributed by atoms with Gasteiger partial charge in [0.1, 0.15) is 13.2 Å². The van der Waals surface area contributed by atoms with Crippen LogP contribution in [0.5, 0.6) is 0 Å². The number of carbonyl (C=O) groups is 3. The molecule has 2 unspecified atom stereocenters. The first-order valence-corrected chi connectivity index (χ1v) is 35.4. The molecule has 0 bridgehead atoms. The molecule has 0 spiro atoms. The van der Waals surface area contributed by atoms with Gasteiger partial charge in [0.05, 0.1) is 34.4 Å². The van der Waals surface area contributed by atoms with Crippen LogP contribution in [0.15, 0.2) is 97.2 Å². The molecule has 0 aliphatic carbocycles. The maximum Gasteiger partial charge on any atom is 0.361 e. The van der Waals surface area contributed by atoms with Crippen LogP contribution in [-0.4, -0.2) is 87.4 Å². The number of hydrogen-bond acceptors (Lipinski definition) is 7. The van der Waals surface area contributed by atoms with Gasteiger partial charge in [0.15, 0.2) is 6.10 Å². The summed E-state index contributed by atoms with van der Waals surface area (Å²) in [4.78, 5) is 37.5. The second-order valence-corrected chi connectivity index (χ2v) is 24.8. The Morgan fingerprint density at radius 3 is 1.05 bits per heavy atom. The highest BCUT2D eigenvalue weighted by Crippen LogP contribution is 2.18. The number of carboxylic acids is 1. The summed E-state index contributed by atoms with van der Waals surface area (Å²) in [6, 6.07) is 0. The lowest BCUT2D eigenvalue weighted by atomic mass is 10.0. The molecule has 490 valence electrons. The summed E-state index contributed by atoms with van der Waals surface area (Å²) >= 11 is 0. The van der Waals surface area contributed by atoms with Crippen molar-refractivity contribution in [1.29, 1.82) is 0 Å². The van der Waals surface area contributed by atoms with E-state index in [1.165, 1.54) is 212 Å². The van der Waals surface area contributed by atoms with Crippen molar-refractivity contribution in [2.24, 2.45) is 0 Å². The third-order valence-corrected chi connectivity index (χ3v) is 15.3. The van der Waals surface area contributed by atoms with E-state index in [1.807, 2.05) is 33.3 Å². The van der Waals surface area contributed by atoms with Gasteiger partial charge < -0.3 is 28.5 Å². The zero-order chi connectivity index (χ0) is 61.9. The Kier molecular flexibility index (Phi) is 63.2. The largest absolute Gasteiger partial charge is 0.477 e. The first-order chi connectivity index (χ1) is 41.6. The van der Waals surface area contributed by atoms with E-state index in [0.717, 1.165) is 64.2 Å². The van der Waals surface area contributed by atoms with Gasteiger partial charge in [-0.1, -0.05) is 310 Å². The predicted molar refractivity (Wildman–Crippen MR) is 364 cm³/mol. The average Bonchev–Trinajstić information content (AvgIpc) is 3.48. The molecule has 0 fully saturated rings. The molecule has 0 aliphatic heterocycles. The van der Waals surface area contributed by atoms with Crippen LogP contribution in [0.1, 0.15) is 309 Å². The highest BCUT2D eigenvalue weighted by atomic mass is 16.7. The fourth-order valence-electron chi connectivity index (χ4n) is 9.96. The summed E-state index contributed by atoms with van der Waals surface area (Å²) in [6.45, 7) is 4.69. The average molecular weight is 1190 g/mol. The van der Waals surface area contributed by atoms with Crippen molar-refractivity contribution in [2.45, 2.75) is 322 Å². The second-order valence-electron chi connectivity index (χ2n) is 24.8. The number of carbonyl (C=O) groups excluding carboxylic acids is 2. The van der Waals surface area contributed by atoms with Crippen molar-refractivity contribution >= 4 is 17.9 Å². The standard InChI is InChI=1S/C76H133NO8/c1-6-8-10-12-14-16-18-20-22-24-26-27-28-29-30-31-32-33-34-35-36-37-38-39-40-41-42-43-44-45-46-47-49-50-52-54-56-58-60-62-64-66-73(78)83-70-72(71-84-76(75(80)81)82-69-68-77(3,4)5)85-74(79)67-65-63-61-59-57-55-53-51-48-25-23-21-19-17-15-13-11-9-7-2/h9,11,15,17-18,20-21,23-24,26,48,51,55,57,61,63,72,76H,6-8,10,12-14,16,19,22,25,27-47,49-50,52-54,56,58-60,62,64-71H2,1-5H3/p+1/b11-9-,17-15-,20-18-,23-21-,26-24-,51-48-,57-55-,63-61-. The molecule has 0 radical (unpaired) electrons. The Bertz CT molecular complexity index is 1720. The number of quaternary nitrogens is 1. The molecule has 0 saturated heterocycles. The number of esters is 2. The van der Waals surface area contributed by atoms with Gasteiger partial charge in [-0.05, 0) is 83.5 Å². The third-order valence-electron chi connectivity index (χ3n) is 15.3. The number of allylic oxidation sites excluding steroid dienone is 16. The quantitative estimate of drug-likeness (QED) is 0.0211. The Morgan fingerprint density at radius 2 is 0.694 bits per heavy atom. The monoisotopic (exact) mass is 1190 g/mol. The third kappa shape index (κ3) is 67.6. The molecule has 2 atom stereocenters. The minimum absolute atomic E-state index is 0.133. The van der Waals surface area contributed by atoms with Crippen LogP contribution in [-0.2, 0) is 33.3 Å². The molecule has 0 amide bonds. The highest BCUT2D eigenvalue weighted by molar-refractivity contribution is 5.71. The lowest BCUT2D eigenvalue weighted by molar-refractivity contribution is -0.870. The van der Waals surface area contributed by atoms with Crippen molar-refractivity contribution in [2.75, 3.05) is 47.5 Å². The first-order valence-electron chi connectivity index (χ1n) is 35.4. The van der Waals surface area contributed by atoms with Crippen LogP contribution in [0.4, 0.5) is 0 Å². The van der Waals surface area contributed by atoms with Gasteiger partial charge in [0.25, 0.3) is 6.29 Å². The molecule has 0 rings (SSSR count). The zero-order valence-electron chi connectivity index (χ0n) is 56.0. The molecule has 9 nitrogen and oxygen atoms in total. The van der Waals surface area contributed by atoms with Gasteiger partial charge in [-0.25, -0.2) is 4.79 Å². The lowest BCUT2D eigenvalue weighted by Crippen LogP contribution is -2.40. The molecular formula is C76H134NO8+. The van der Waals surface area contributed by atoms with E-state index in [2.05, 4.69) is 98.9 Å². The Hall–Kier alpha value is -3.79. The molecule has 0 aromatic rings. The first kappa shape index (κ1) is 81.2. The van der Waals surface area contributed by atoms with E-state index in [1.54, 1.807) is 0 Å². The molecule has 9 heteroatoms. The van der Waals surface area contributed by atoms with Gasteiger partial charge >= 0.3 is 17.9 Å². The minimum Gasteiger partial charge on any atom is -0.477 e. The molecular weight excluding hydrogens is 1050 g/mol. The molecule has 0 heterocycles. The van der Waals surface area contributed by atoms with Gasteiger partial charge in [-0.15, -0.1) is 0 Å². The van der Waals surface area contributed by atoms with E-state index < -0.39 is 24.3 Å². The van der Waals surface area contributed by atoms with E-state index >= 15 is 0 Å². The number of hydrogen-bond donors (Lipinski definition) is 1. The predicted octanol–water partition coefficient (Wildman–Crippen LogP) is 22.0. The van der Waals surface area contributed by atoms with E-state index in [-0.39, 0.29) is 38.6 Å². The Labute approximate surface area is 524 Å². The van der Waals surface area contributed by atoms with Crippen molar-refractivity contribution in [3.63, 3.8) is 0 Å². The SMILES string of the molecule is CC/C=C\C/C=C\C/C=C\C/C=C\C/C=C\C/C=C\CCC(=O)OC(COC(=O)CCCCCCCCCCCCCCCCCCCCCCCCCCCCCCC/C=C\C/C=C\CCCCCCC)COC(OCC[N+](C)(C)C)C(=O)O. The van der Waals surface area contributed by atoms with Crippen molar-refractivity contribution in [1.82, 2.24) is 0 Å². The molecule has 0 saturated carbocycles. The van der Waals surface area contributed by atoms with Crippen molar-refractivity contribution in [3.8, 4) is 0 Å². The van der Waals surface area contributed by atoms with E-state index in [9.17, 15) is 19.5 Å². The summed E-state index contributed by atoms with van der Waals surface area (Å²) in [5.74, 6) is -2.11. The van der Waals surface area contributed by atoms with E-state index in [4.69, 9.17) is 18.9 Å². The van der Waals surface area contributed by atoms with Crippen LogP contribution in [0, 0.1) is 0 Å². The maximum absolute atomic E-state index is 12.9. The molecule has 0 aliphatic rings. The fourth-order valence-corrected chi connectivity index (χ4v) is 9.96. The lowest BCUT2D eigenvalue weighted by Gasteiger charge is -2.25. The number of carboxylic acid groups (broad SMARTS) is 1. The normalized spacial score (nSPS) is 13.3. The van der Waals surface area contributed by atoms with Gasteiger partial charge in [0, 0.05) is 12.8 Å². The molecule has 0 aromatic carbocycles. The fraction of sp³-hybridized carbons (Fsp3) is 0.750. The molecule has 1 N–H and O–H groups in total. The highest BCUT2D eigenvalue weighted by Gasteiger charge is 2.25. The number of aliphatic carboxylic acids is 1. The summed E-state index contributed by atoms with van der Waals surface area (Å²) in [5, 5.41) is 9.72. The van der Waals surface area contributed by atoms with Gasteiger partial charge in [-0.3, -0.25) is 9.59 Å². The smallest absolute Gasteiger partial charge is 0.361 e. The zero-order valence-corrected chi connectivity index (χ0v) is 56.0. The Balaban J connectivity index is 3.99. The second kappa shape index (κ2) is 66.2. The summed E-state index contributed by atoms with van der Waals surface area (Å²) < 4.78 is 22.8. The van der Waals surface area contributed by atoms with Crippen LogP contribution < -0.4 is 0 Å². The molecule has 0 aromatic heterocycles. The van der Waals surface area contributed by atoms with Gasteiger partial charge in [0.2, 0.25) is 0 Å². The van der Waals surface area contributed by atoms with Crippen molar-refractivity contribution < 1.29 is 42.9 Å². The Morgan fingerprint density at radius 1 is 0.365 bits per heavy atom. The summed E-state index contributed by atoms with van der Waals surface area (Å²) in [7, 11) is 5.95. The maximum atomic E-state index is 12.9. The number of ether oxygens (including phenoxy) is 4. The topological polar surface area (TPSA) is 108 Å². The van der Waals surface area contributed by atoms with Crippen LogP contribution in [0.2, 0.25) is 0 Å².